The van der Waals surface area contributed by atoms with Crippen LogP contribution in [0.2, 0.25) is 0 Å². The van der Waals surface area contributed by atoms with Gasteiger partial charge in [0.15, 0.2) is 26.1 Å². The molecule has 0 saturated heterocycles. The Balaban J connectivity index is 1.68. The van der Waals surface area contributed by atoms with Gasteiger partial charge in [0.1, 0.15) is 0 Å². The van der Waals surface area contributed by atoms with E-state index in [9.17, 15) is 13.2 Å². The molecule has 1 heterocycles. The van der Waals surface area contributed by atoms with Crippen LogP contribution < -0.4 is 14.8 Å². The van der Waals surface area contributed by atoms with Crippen LogP contribution in [-0.4, -0.2) is 32.3 Å². The average Bonchev–Trinajstić information content (AvgIpc) is 3.12. The number of hydrogen-bond donors (Lipinski definition) is 1. The van der Waals surface area contributed by atoms with Gasteiger partial charge in [0.05, 0.1) is 18.1 Å². The zero-order valence-corrected chi connectivity index (χ0v) is 18.2. The van der Waals surface area contributed by atoms with Crippen molar-refractivity contribution in [2.24, 2.45) is 0 Å². The molecule has 1 N–H and O–H groups in total. The third-order valence-corrected chi connectivity index (χ3v) is 8.62. The minimum Gasteiger partial charge on any atom is -0.490 e. The summed E-state index contributed by atoms with van der Waals surface area (Å²) in [5.74, 6) is 0.711. The number of carbonyl (C=O) groups is 1. The van der Waals surface area contributed by atoms with Crippen molar-refractivity contribution in [3.05, 3.63) is 47.5 Å². The van der Waals surface area contributed by atoms with E-state index in [0.717, 1.165) is 12.0 Å². The molecule has 0 radical (unpaired) electrons. The Hall–Kier alpha value is -2.54. The van der Waals surface area contributed by atoms with Crippen LogP contribution in [0, 0.1) is 13.8 Å². The van der Waals surface area contributed by atoms with E-state index in [4.69, 9.17) is 9.47 Å². The van der Waals surface area contributed by atoms with Gasteiger partial charge in [0, 0.05) is 18.2 Å². The lowest BCUT2D eigenvalue weighted by atomic mass is 10.1. The largest absolute Gasteiger partial charge is 0.490 e. The molecule has 2 aromatic carbocycles. The van der Waals surface area contributed by atoms with Gasteiger partial charge >= 0.3 is 0 Å². The molecule has 4 rings (SSSR count). The number of nitrogens with one attached hydrogen (secondary N) is 1. The van der Waals surface area contributed by atoms with Crippen LogP contribution in [0.4, 0.5) is 5.69 Å². The summed E-state index contributed by atoms with van der Waals surface area (Å²) >= 11 is 0. The molecule has 2 aliphatic rings. The molecule has 1 amide bonds. The molecule has 0 atom stereocenters. The van der Waals surface area contributed by atoms with Crippen molar-refractivity contribution in [2.45, 2.75) is 55.6 Å². The van der Waals surface area contributed by atoms with E-state index in [1.165, 1.54) is 0 Å². The topological polar surface area (TPSA) is 81.7 Å². The number of fused-ring (bicyclic) bond motifs is 1. The van der Waals surface area contributed by atoms with E-state index in [1.807, 2.05) is 13.0 Å². The Labute approximate surface area is 177 Å². The molecule has 0 unspecified atom stereocenters. The summed E-state index contributed by atoms with van der Waals surface area (Å²) in [5.41, 5.74) is 2.03. The van der Waals surface area contributed by atoms with E-state index >= 15 is 0 Å². The zero-order chi connectivity index (χ0) is 21.4. The second kappa shape index (κ2) is 7.95. The van der Waals surface area contributed by atoms with Crippen LogP contribution in [0.5, 0.6) is 11.5 Å². The summed E-state index contributed by atoms with van der Waals surface area (Å²) in [7, 11) is -3.86. The fourth-order valence-corrected chi connectivity index (χ4v) is 6.63. The van der Waals surface area contributed by atoms with Gasteiger partial charge in [-0.1, -0.05) is 25.0 Å². The van der Waals surface area contributed by atoms with Crippen molar-refractivity contribution < 1.29 is 22.7 Å². The normalized spacial score (nSPS) is 17.9. The number of aryl methyl sites for hydroxylation is 2. The quantitative estimate of drug-likeness (QED) is 0.788. The van der Waals surface area contributed by atoms with Crippen molar-refractivity contribution in [2.75, 3.05) is 18.5 Å². The molecular formula is C23H27NO5S. The number of benzene rings is 2. The Bertz CT molecular complexity index is 1070. The lowest BCUT2D eigenvalue weighted by Gasteiger charge is -2.28. The van der Waals surface area contributed by atoms with Crippen LogP contribution in [0.1, 0.15) is 43.2 Å². The Kier molecular flexibility index (Phi) is 5.49. The highest BCUT2D eigenvalue weighted by molar-refractivity contribution is 7.93. The number of hydrogen-bond acceptors (Lipinski definition) is 5. The zero-order valence-electron chi connectivity index (χ0n) is 17.4. The van der Waals surface area contributed by atoms with Gasteiger partial charge in [-0.2, -0.15) is 0 Å². The first kappa shape index (κ1) is 20.7. The van der Waals surface area contributed by atoms with E-state index in [0.29, 0.717) is 61.6 Å². The average molecular weight is 430 g/mol. The van der Waals surface area contributed by atoms with Gasteiger partial charge in [-0.15, -0.1) is 0 Å². The summed E-state index contributed by atoms with van der Waals surface area (Å²) in [6.07, 6.45) is 2.84. The Morgan fingerprint density at radius 3 is 2.37 bits per heavy atom. The predicted octanol–water partition coefficient (Wildman–Crippen LogP) is 4.19. The minimum absolute atomic E-state index is 0.248. The molecule has 0 spiro atoms. The van der Waals surface area contributed by atoms with Crippen LogP contribution in [0.3, 0.4) is 0 Å². The molecule has 0 bridgehead atoms. The highest BCUT2D eigenvalue weighted by atomic mass is 32.2. The van der Waals surface area contributed by atoms with Crippen molar-refractivity contribution in [3.8, 4) is 11.5 Å². The smallest absolute Gasteiger partial charge is 0.246 e. The SMILES string of the molecule is Cc1ccc(C)c(S(=O)(=O)C2(C(=O)Nc3ccc4c(c3)OCCCO4)CCCC2)c1. The number of anilines is 1. The highest BCUT2D eigenvalue weighted by Crippen LogP contribution is 2.43. The van der Waals surface area contributed by atoms with Gasteiger partial charge in [-0.05, 0) is 56.0 Å². The third kappa shape index (κ3) is 3.55. The van der Waals surface area contributed by atoms with Crippen LogP contribution >= 0.6 is 0 Å². The van der Waals surface area contributed by atoms with Crippen LogP contribution in [-0.2, 0) is 14.6 Å². The number of carbonyl (C=O) groups excluding carboxylic acids is 1. The van der Waals surface area contributed by atoms with E-state index < -0.39 is 20.5 Å². The molecule has 30 heavy (non-hydrogen) atoms. The van der Waals surface area contributed by atoms with Crippen molar-refractivity contribution in [1.82, 2.24) is 0 Å². The molecule has 1 fully saturated rings. The number of amides is 1. The monoisotopic (exact) mass is 429 g/mol. The maximum atomic E-state index is 13.7. The molecule has 0 aromatic heterocycles. The minimum atomic E-state index is -3.86. The molecule has 1 aliphatic heterocycles. The first-order valence-electron chi connectivity index (χ1n) is 10.4. The van der Waals surface area contributed by atoms with Gasteiger partial charge in [-0.3, -0.25) is 4.79 Å². The van der Waals surface area contributed by atoms with Crippen LogP contribution in [0.25, 0.3) is 0 Å². The second-order valence-electron chi connectivity index (χ2n) is 8.14. The molecular weight excluding hydrogens is 402 g/mol. The first-order chi connectivity index (χ1) is 14.3. The van der Waals surface area contributed by atoms with E-state index in [1.54, 1.807) is 37.3 Å². The van der Waals surface area contributed by atoms with E-state index in [-0.39, 0.29) is 4.90 Å². The first-order valence-corrected chi connectivity index (χ1v) is 11.8. The van der Waals surface area contributed by atoms with Gasteiger partial charge in [0.2, 0.25) is 5.91 Å². The molecule has 6 nitrogen and oxygen atoms in total. The predicted molar refractivity (Wildman–Crippen MR) is 115 cm³/mol. The lowest BCUT2D eigenvalue weighted by Crippen LogP contribution is -2.47. The Morgan fingerprint density at radius 1 is 0.933 bits per heavy atom. The number of sulfone groups is 1. The summed E-state index contributed by atoms with van der Waals surface area (Å²) in [4.78, 5) is 13.7. The lowest BCUT2D eigenvalue weighted by molar-refractivity contribution is -0.118. The highest BCUT2D eigenvalue weighted by Gasteiger charge is 2.53. The maximum absolute atomic E-state index is 13.7. The standard InChI is InChI=1S/C23H27NO5S/c1-16-6-7-17(2)21(14-16)30(26,27)23(10-3-4-11-23)22(25)24-18-8-9-19-20(15-18)29-13-5-12-28-19/h6-9,14-15H,3-5,10-13H2,1-2H3,(H,24,25). The van der Waals surface area contributed by atoms with Gasteiger partial charge in [-0.25, -0.2) is 8.42 Å². The molecule has 7 heteroatoms. The summed E-state index contributed by atoms with van der Waals surface area (Å²) < 4.78 is 37.3. The summed E-state index contributed by atoms with van der Waals surface area (Å²) in [5, 5.41) is 2.85. The molecule has 2 aromatic rings. The maximum Gasteiger partial charge on any atom is 0.246 e. The second-order valence-corrected chi connectivity index (χ2v) is 10.4. The fourth-order valence-electron chi connectivity index (χ4n) is 4.26. The molecule has 160 valence electrons. The van der Waals surface area contributed by atoms with Crippen molar-refractivity contribution in [1.29, 1.82) is 0 Å². The number of rotatable bonds is 4. The summed E-state index contributed by atoms with van der Waals surface area (Å²) in [6, 6.07) is 10.5. The van der Waals surface area contributed by atoms with Gasteiger partial charge in [0.25, 0.3) is 0 Å². The fraction of sp³-hybridized carbons (Fsp3) is 0.435. The van der Waals surface area contributed by atoms with Crippen LogP contribution in [0.15, 0.2) is 41.3 Å². The summed E-state index contributed by atoms with van der Waals surface area (Å²) in [6.45, 7) is 4.75. The van der Waals surface area contributed by atoms with Crippen molar-refractivity contribution >= 4 is 21.4 Å². The van der Waals surface area contributed by atoms with E-state index in [2.05, 4.69) is 5.32 Å². The molecule has 1 saturated carbocycles. The van der Waals surface area contributed by atoms with Gasteiger partial charge < -0.3 is 14.8 Å². The Morgan fingerprint density at radius 2 is 1.63 bits per heavy atom. The van der Waals surface area contributed by atoms with Crippen molar-refractivity contribution in [3.63, 3.8) is 0 Å². The number of ether oxygens (including phenoxy) is 2. The molecule has 1 aliphatic carbocycles. The third-order valence-electron chi connectivity index (χ3n) is 5.98.